The normalized spacial score (nSPS) is 28.5. The molecule has 0 aromatic heterocycles. The summed E-state index contributed by atoms with van der Waals surface area (Å²) in [5.74, 6) is 0.658. The van der Waals surface area contributed by atoms with Crippen molar-refractivity contribution in [3.8, 4) is 11.1 Å². The van der Waals surface area contributed by atoms with Crippen molar-refractivity contribution >= 4 is 10.0 Å². The van der Waals surface area contributed by atoms with Crippen molar-refractivity contribution in [1.82, 2.24) is 14.9 Å². The van der Waals surface area contributed by atoms with Gasteiger partial charge in [-0.3, -0.25) is 0 Å². The van der Waals surface area contributed by atoms with Crippen molar-refractivity contribution < 1.29 is 8.42 Å². The van der Waals surface area contributed by atoms with E-state index in [-0.39, 0.29) is 5.75 Å². The lowest BCUT2D eigenvalue weighted by Gasteiger charge is -2.27. The molecule has 4 N–H and O–H groups in total. The predicted molar refractivity (Wildman–Crippen MR) is 133 cm³/mol. The van der Waals surface area contributed by atoms with Gasteiger partial charge in [0.2, 0.25) is 10.0 Å². The lowest BCUT2D eigenvalue weighted by Crippen LogP contribution is -2.46. The molecular weight excluding hydrogens is 432 g/mol. The van der Waals surface area contributed by atoms with Crippen molar-refractivity contribution in [2.45, 2.75) is 61.9 Å². The summed E-state index contributed by atoms with van der Waals surface area (Å²) < 4.78 is 27.2. The van der Waals surface area contributed by atoms with Crippen LogP contribution in [-0.4, -0.2) is 57.0 Å². The molecule has 0 spiro atoms. The van der Waals surface area contributed by atoms with Gasteiger partial charge in [0.05, 0.1) is 5.75 Å². The fourth-order valence-corrected chi connectivity index (χ4v) is 6.85. The number of hydrogen-bond donors (Lipinski definition) is 3. The minimum absolute atomic E-state index is 0.0560. The minimum atomic E-state index is -3.29. The highest BCUT2D eigenvalue weighted by Crippen LogP contribution is 2.42. The monoisotopic (exact) mass is 468 g/mol. The number of nitrogens with one attached hydrogen (secondary N) is 2. The van der Waals surface area contributed by atoms with E-state index in [0.29, 0.717) is 37.1 Å². The van der Waals surface area contributed by atoms with Gasteiger partial charge in [0, 0.05) is 50.2 Å². The molecule has 1 aliphatic heterocycles. The van der Waals surface area contributed by atoms with Gasteiger partial charge in [-0.2, -0.15) is 4.31 Å². The largest absolute Gasteiger partial charge is 0.328 e. The van der Waals surface area contributed by atoms with Crippen LogP contribution in [0.3, 0.4) is 0 Å². The first-order valence-corrected chi connectivity index (χ1v) is 14.0. The number of rotatable bonds is 7. The van der Waals surface area contributed by atoms with E-state index in [2.05, 4.69) is 41.0 Å². The van der Waals surface area contributed by atoms with Crippen LogP contribution in [0.5, 0.6) is 0 Å². The van der Waals surface area contributed by atoms with Gasteiger partial charge in [0.1, 0.15) is 0 Å². The second-order valence-corrected chi connectivity index (χ2v) is 11.9. The second-order valence-electron chi connectivity index (χ2n) is 9.95. The molecule has 0 radical (unpaired) electrons. The Bertz CT molecular complexity index is 1040. The summed E-state index contributed by atoms with van der Waals surface area (Å²) >= 11 is 0. The van der Waals surface area contributed by atoms with E-state index in [9.17, 15) is 8.42 Å². The molecule has 7 heteroatoms. The summed E-state index contributed by atoms with van der Waals surface area (Å²) in [6.07, 6.45) is 5.88. The Kier molecular flexibility index (Phi) is 6.86. The number of nitrogens with zero attached hydrogens (tertiary/aromatic N) is 1. The molecule has 1 heterocycles. The van der Waals surface area contributed by atoms with E-state index in [4.69, 9.17) is 5.73 Å². The zero-order chi connectivity index (χ0) is 22.8. The molecular formula is C26H36N4O2S. The Morgan fingerprint density at radius 2 is 1.70 bits per heavy atom. The molecule has 3 fully saturated rings. The van der Waals surface area contributed by atoms with Crippen molar-refractivity contribution in [2.24, 2.45) is 5.73 Å². The van der Waals surface area contributed by atoms with E-state index >= 15 is 0 Å². The van der Waals surface area contributed by atoms with Crippen LogP contribution in [0.2, 0.25) is 0 Å². The molecule has 0 unspecified atom stereocenters. The zero-order valence-corrected chi connectivity index (χ0v) is 20.1. The quantitative estimate of drug-likeness (QED) is 0.582. The fraction of sp³-hybridized carbons (Fsp3) is 0.538. The third-order valence-electron chi connectivity index (χ3n) is 7.43. The van der Waals surface area contributed by atoms with E-state index in [1.807, 2.05) is 18.2 Å². The molecule has 5 rings (SSSR count). The van der Waals surface area contributed by atoms with Gasteiger partial charge in [0.25, 0.3) is 0 Å². The molecule has 2 aliphatic carbocycles. The van der Waals surface area contributed by atoms with Gasteiger partial charge in [-0.15, -0.1) is 0 Å². The van der Waals surface area contributed by atoms with Gasteiger partial charge in [-0.05, 0) is 54.4 Å². The van der Waals surface area contributed by atoms with Gasteiger partial charge in [0.15, 0.2) is 0 Å². The van der Waals surface area contributed by atoms with Gasteiger partial charge in [-0.25, -0.2) is 8.42 Å². The van der Waals surface area contributed by atoms with Crippen LogP contribution in [0, 0.1) is 0 Å². The van der Waals surface area contributed by atoms with E-state index in [0.717, 1.165) is 42.6 Å². The summed E-state index contributed by atoms with van der Waals surface area (Å²) in [5.41, 5.74) is 10.5. The van der Waals surface area contributed by atoms with Crippen LogP contribution >= 0.6 is 0 Å². The standard InChI is InChI=1S/C26H36N4O2S/c27-23-8-10-24(11-9-23)29-26-17-25(26)21-6-4-20(5-7-21)22-3-1-2-19(16-22)18-33(31,32)30-14-12-28-13-15-30/h1-7,16,23-26,28-29H,8-15,17-18,27H2/t23?,24?,25-,26+/m0/s1. The number of hydrogen-bond acceptors (Lipinski definition) is 5. The minimum Gasteiger partial charge on any atom is -0.328 e. The Morgan fingerprint density at radius 3 is 2.42 bits per heavy atom. The molecule has 6 nitrogen and oxygen atoms in total. The second kappa shape index (κ2) is 9.84. The first-order chi connectivity index (χ1) is 16.0. The van der Waals surface area contributed by atoms with Crippen LogP contribution in [0.1, 0.15) is 49.1 Å². The predicted octanol–water partition coefficient (Wildman–Crippen LogP) is 2.80. The highest BCUT2D eigenvalue weighted by atomic mass is 32.2. The first-order valence-electron chi connectivity index (χ1n) is 12.4. The number of sulfonamides is 1. The zero-order valence-electron chi connectivity index (χ0n) is 19.2. The Balaban J connectivity index is 1.20. The van der Waals surface area contributed by atoms with E-state index < -0.39 is 10.0 Å². The average molecular weight is 469 g/mol. The van der Waals surface area contributed by atoms with Crippen LogP contribution in [0.25, 0.3) is 11.1 Å². The summed E-state index contributed by atoms with van der Waals surface area (Å²) in [5, 5.41) is 7.05. The maximum absolute atomic E-state index is 12.8. The van der Waals surface area contributed by atoms with Crippen molar-refractivity contribution in [2.75, 3.05) is 26.2 Å². The molecule has 1 saturated heterocycles. The third kappa shape index (κ3) is 5.66. The summed E-state index contributed by atoms with van der Waals surface area (Å²) in [4.78, 5) is 0. The van der Waals surface area contributed by atoms with Crippen LogP contribution in [0.4, 0.5) is 0 Å². The molecule has 33 heavy (non-hydrogen) atoms. The van der Waals surface area contributed by atoms with Crippen molar-refractivity contribution in [3.63, 3.8) is 0 Å². The van der Waals surface area contributed by atoms with Gasteiger partial charge in [-0.1, -0.05) is 48.5 Å². The molecule has 2 saturated carbocycles. The lowest BCUT2D eigenvalue weighted by atomic mass is 9.92. The highest BCUT2D eigenvalue weighted by Gasteiger charge is 2.39. The molecule has 0 amide bonds. The van der Waals surface area contributed by atoms with Gasteiger partial charge >= 0.3 is 0 Å². The molecule has 2 aromatic carbocycles. The summed E-state index contributed by atoms with van der Waals surface area (Å²) in [6, 6.07) is 18.4. The summed E-state index contributed by atoms with van der Waals surface area (Å²) in [6.45, 7) is 2.54. The maximum atomic E-state index is 12.8. The molecule has 2 aromatic rings. The van der Waals surface area contributed by atoms with Crippen LogP contribution in [-0.2, 0) is 15.8 Å². The molecule has 2 atom stereocenters. The van der Waals surface area contributed by atoms with E-state index in [1.54, 1.807) is 4.31 Å². The van der Waals surface area contributed by atoms with E-state index in [1.165, 1.54) is 24.8 Å². The van der Waals surface area contributed by atoms with Crippen molar-refractivity contribution in [1.29, 1.82) is 0 Å². The van der Waals surface area contributed by atoms with Crippen molar-refractivity contribution in [3.05, 3.63) is 59.7 Å². The number of nitrogens with two attached hydrogens (primary N) is 1. The number of benzene rings is 2. The highest BCUT2D eigenvalue weighted by molar-refractivity contribution is 7.88. The summed E-state index contributed by atoms with van der Waals surface area (Å²) in [7, 11) is -3.29. The van der Waals surface area contributed by atoms with Gasteiger partial charge < -0.3 is 16.4 Å². The third-order valence-corrected chi connectivity index (χ3v) is 9.28. The average Bonchev–Trinajstić information content (AvgIpc) is 3.60. The smallest absolute Gasteiger partial charge is 0.218 e. The molecule has 3 aliphatic rings. The molecule has 0 bridgehead atoms. The fourth-order valence-electron chi connectivity index (χ4n) is 5.32. The Morgan fingerprint density at radius 1 is 0.970 bits per heavy atom. The lowest BCUT2D eigenvalue weighted by molar-refractivity contribution is 0.339. The number of piperazine rings is 1. The topological polar surface area (TPSA) is 87.5 Å². The Labute approximate surface area is 198 Å². The first kappa shape index (κ1) is 23.0. The SMILES string of the molecule is NC1CCC(N[C@@H]2C[C@H]2c2ccc(-c3cccc(CS(=O)(=O)N4CCNCC4)c3)cc2)CC1. The van der Waals surface area contributed by atoms with Crippen LogP contribution < -0.4 is 16.4 Å². The maximum Gasteiger partial charge on any atom is 0.218 e. The van der Waals surface area contributed by atoms with Crippen LogP contribution in [0.15, 0.2) is 48.5 Å². The molecule has 178 valence electrons. The Hall–Kier alpha value is -1.77.